The minimum absolute atomic E-state index is 0.323. The zero-order valence-electron chi connectivity index (χ0n) is 14.5. The molecule has 0 aliphatic carbocycles. The number of hydrogen-bond acceptors (Lipinski definition) is 4. The fourth-order valence-corrected chi connectivity index (χ4v) is 2.80. The number of ether oxygens (including phenoxy) is 3. The second kappa shape index (κ2) is 8.34. The molecule has 1 aliphatic rings. The number of carbonyl (C=O) groups is 1. The van der Waals surface area contributed by atoms with Gasteiger partial charge in [0, 0.05) is 6.42 Å². The van der Waals surface area contributed by atoms with Crippen LogP contribution in [-0.2, 0) is 20.6 Å². The van der Waals surface area contributed by atoms with Crippen LogP contribution in [0.2, 0.25) is 0 Å². The molecule has 1 aromatic carbocycles. The van der Waals surface area contributed by atoms with Crippen molar-refractivity contribution in [2.45, 2.75) is 58.7 Å². The van der Waals surface area contributed by atoms with Gasteiger partial charge in [-0.25, -0.2) is 4.79 Å². The van der Waals surface area contributed by atoms with Crippen molar-refractivity contribution < 1.29 is 19.0 Å². The molecule has 0 amide bonds. The first-order chi connectivity index (χ1) is 11.1. The van der Waals surface area contributed by atoms with Crippen LogP contribution in [0, 0.1) is 12.8 Å². The van der Waals surface area contributed by atoms with Gasteiger partial charge in [-0.3, -0.25) is 0 Å². The minimum Gasteiger partial charge on any atom is -0.435 e. The van der Waals surface area contributed by atoms with E-state index in [0.29, 0.717) is 19.1 Å². The van der Waals surface area contributed by atoms with Crippen molar-refractivity contribution in [1.82, 2.24) is 0 Å². The maximum absolute atomic E-state index is 11.4. The lowest BCUT2D eigenvalue weighted by Crippen LogP contribution is -2.22. The summed E-state index contributed by atoms with van der Waals surface area (Å²) in [7, 11) is 0. The number of carbonyl (C=O) groups excluding carboxylic acids is 1. The van der Waals surface area contributed by atoms with E-state index in [0.717, 1.165) is 32.1 Å². The van der Waals surface area contributed by atoms with E-state index in [9.17, 15) is 4.79 Å². The molecule has 4 heteroatoms. The third-order valence-electron chi connectivity index (χ3n) is 4.39. The molecule has 1 aliphatic heterocycles. The number of hydrogen-bond donors (Lipinski definition) is 0. The third-order valence-corrected chi connectivity index (χ3v) is 4.39. The van der Waals surface area contributed by atoms with Gasteiger partial charge in [-0.2, -0.15) is 0 Å². The van der Waals surface area contributed by atoms with Gasteiger partial charge < -0.3 is 14.2 Å². The van der Waals surface area contributed by atoms with Gasteiger partial charge in [-0.15, -0.1) is 0 Å². The second-order valence-corrected chi connectivity index (χ2v) is 6.34. The summed E-state index contributed by atoms with van der Waals surface area (Å²) >= 11 is 0. The minimum atomic E-state index is -0.714. The van der Waals surface area contributed by atoms with Gasteiger partial charge in [0.25, 0.3) is 0 Å². The van der Waals surface area contributed by atoms with E-state index in [1.54, 1.807) is 6.92 Å². The van der Waals surface area contributed by atoms with Gasteiger partial charge in [-0.1, -0.05) is 43.2 Å². The molecule has 0 radical (unpaired) electrons. The van der Waals surface area contributed by atoms with Gasteiger partial charge >= 0.3 is 6.16 Å². The van der Waals surface area contributed by atoms with Crippen molar-refractivity contribution in [2.75, 3.05) is 13.2 Å². The molecule has 1 aromatic rings. The van der Waals surface area contributed by atoms with E-state index >= 15 is 0 Å². The molecule has 0 N–H and O–H groups in total. The topological polar surface area (TPSA) is 48.1 Å². The van der Waals surface area contributed by atoms with Crippen LogP contribution < -0.4 is 0 Å². The molecule has 128 valence electrons. The van der Waals surface area contributed by atoms with Gasteiger partial charge in [0.2, 0.25) is 5.79 Å². The Balaban J connectivity index is 1.73. The van der Waals surface area contributed by atoms with E-state index in [2.05, 4.69) is 38.1 Å². The van der Waals surface area contributed by atoms with E-state index in [4.69, 9.17) is 14.2 Å². The first-order valence-corrected chi connectivity index (χ1v) is 8.62. The molecular weight excluding hydrogens is 292 g/mol. The maximum Gasteiger partial charge on any atom is 0.510 e. The van der Waals surface area contributed by atoms with E-state index < -0.39 is 11.9 Å². The van der Waals surface area contributed by atoms with E-state index in [1.807, 2.05) is 0 Å². The highest BCUT2D eigenvalue weighted by Gasteiger charge is 2.49. The number of epoxide rings is 1. The van der Waals surface area contributed by atoms with Crippen LogP contribution in [0.3, 0.4) is 0 Å². The summed E-state index contributed by atoms with van der Waals surface area (Å²) in [5, 5.41) is 0. The Hall–Kier alpha value is -1.55. The SMILES string of the molecule is CCOC(=O)OC1(CCCC(CC)Cc2ccc(C)cc2)CO1. The third kappa shape index (κ3) is 5.87. The Morgan fingerprint density at radius 1 is 1.30 bits per heavy atom. The number of benzene rings is 1. The van der Waals surface area contributed by atoms with Crippen molar-refractivity contribution in [2.24, 2.45) is 5.92 Å². The van der Waals surface area contributed by atoms with Gasteiger partial charge in [-0.05, 0) is 44.6 Å². The van der Waals surface area contributed by atoms with Crippen LogP contribution in [-0.4, -0.2) is 25.2 Å². The lowest BCUT2D eigenvalue weighted by Gasteiger charge is -2.17. The summed E-state index contributed by atoms with van der Waals surface area (Å²) in [6.45, 7) is 6.92. The summed E-state index contributed by atoms with van der Waals surface area (Å²) in [6.07, 6.45) is 4.47. The quantitative estimate of drug-likeness (QED) is 0.491. The monoisotopic (exact) mass is 320 g/mol. The average Bonchev–Trinajstić information content (AvgIpc) is 3.28. The zero-order valence-corrected chi connectivity index (χ0v) is 14.5. The maximum atomic E-state index is 11.4. The number of rotatable bonds is 9. The molecule has 0 bridgehead atoms. The molecule has 0 saturated carbocycles. The molecule has 1 heterocycles. The van der Waals surface area contributed by atoms with Crippen LogP contribution in [0.5, 0.6) is 0 Å². The Bertz CT molecular complexity index is 491. The van der Waals surface area contributed by atoms with E-state index in [-0.39, 0.29) is 0 Å². The molecule has 2 unspecified atom stereocenters. The predicted molar refractivity (Wildman–Crippen MR) is 89.3 cm³/mol. The Labute approximate surface area is 139 Å². The Kier molecular flexibility index (Phi) is 6.46. The van der Waals surface area contributed by atoms with Crippen molar-refractivity contribution in [1.29, 1.82) is 0 Å². The highest BCUT2D eigenvalue weighted by atomic mass is 16.8. The molecule has 0 aromatic heterocycles. The molecule has 1 fully saturated rings. The van der Waals surface area contributed by atoms with Crippen molar-refractivity contribution >= 4 is 6.16 Å². The van der Waals surface area contributed by atoms with Crippen LogP contribution >= 0.6 is 0 Å². The summed E-state index contributed by atoms with van der Waals surface area (Å²) in [4.78, 5) is 11.4. The lowest BCUT2D eigenvalue weighted by atomic mass is 9.91. The summed E-state index contributed by atoms with van der Waals surface area (Å²) in [6, 6.07) is 8.77. The van der Waals surface area contributed by atoms with Gasteiger partial charge in [0.1, 0.15) is 6.61 Å². The first-order valence-electron chi connectivity index (χ1n) is 8.62. The standard InChI is InChI=1S/C19H28O4/c1-4-16(13-17-10-8-15(3)9-11-17)7-6-12-19(14-22-19)23-18(20)21-5-2/h8-11,16H,4-7,12-14H2,1-3H3. The molecular formula is C19H28O4. The summed E-state index contributed by atoms with van der Waals surface area (Å²) < 4.78 is 15.4. The van der Waals surface area contributed by atoms with E-state index in [1.165, 1.54) is 11.1 Å². The first kappa shape index (κ1) is 17.8. The van der Waals surface area contributed by atoms with Gasteiger partial charge in [0.15, 0.2) is 0 Å². The van der Waals surface area contributed by atoms with Crippen molar-refractivity contribution in [3.8, 4) is 0 Å². The highest BCUT2D eigenvalue weighted by Crippen LogP contribution is 2.35. The zero-order chi connectivity index (χ0) is 16.7. The highest BCUT2D eigenvalue weighted by molar-refractivity contribution is 5.60. The summed E-state index contributed by atoms with van der Waals surface area (Å²) in [5.41, 5.74) is 2.69. The van der Waals surface area contributed by atoms with Crippen LogP contribution in [0.25, 0.3) is 0 Å². The summed E-state index contributed by atoms with van der Waals surface area (Å²) in [5.74, 6) is -0.0647. The second-order valence-electron chi connectivity index (χ2n) is 6.34. The van der Waals surface area contributed by atoms with Crippen molar-refractivity contribution in [3.05, 3.63) is 35.4 Å². The smallest absolute Gasteiger partial charge is 0.435 e. The molecule has 2 atom stereocenters. The van der Waals surface area contributed by atoms with Crippen molar-refractivity contribution in [3.63, 3.8) is 0 Å². The van der Waals surface area contributed by atoms with Crippen LogP contribution in [0.1, 0.15) is 50.7 Å². The number of aryl methyl sites for hydroxylation is 1. The normalized spacial score (nSPS) is 20.8. The predicted octanol–water partition coefficient (Wildman–Crippen LogP) is 4.63. The molecule has 23 heavy (non-hydrogen) atoms. The molecule has 0 spiro atoms. The average molecular weight is 320 g/mol. The Morgan fingerprint density at radius 3 is 2.57 bits per heavy atom. The molecule has 1 saturated heterocycles. The fourth-order valence-electron chi connectivity index (χ4n) is 2.80. The largest absolute Gasteiger partial charge is 0.510 e. The van der Waals surface area contributed by atoms with Crippen LogP contribution in [0.15, 0.2) is 24.3 Å². The molecule has 4 nitrogen and oxygen atoms in total. The van der Waals surface area contributed by atoms with Gasteiger partial charge in [0.05, 0.1) is 6.61 Å². The fraction of sp³-hybridized carbons (Fsp3) is 0.632. The Morgan fingerprint density at radius 2 is 2.00 bits per heavy atom. The van der Waals surface area contributed by atoms with Crippen LogP contribution in [0.4, 0.5) is 4.79 Å². The molecule has 2 rings (SSSR count). The lowest BCUT2D eigenvalue weighted by molar-refractivity contribution is -0.0385.